The largest absolute Gasteiger partial charge is 0.477 e. The first-order chi connectivity index (χ1) is 7.97. The number of halogens is 2. The Hall–Kier alpha value is -1.39. The SMILES string of the molecule is Cc1cc(C(=O)O)sc1-c1cc(F)cc(Cl)c1. The predicted molar refractivity (Wildman–Crippen MR) is 66.4 cm³/mol. The summed E-state index contributed by atoms with van der Waals surface area (Å²) in [6.07, 6.45) is 0. The van der Waals surface area contributed by atoms with Crippen molar-refractivity contribution >= 4 is 28.9 Å². The summed E-state index contributed by atoms with van der Waals surface area (Å²) >= 11 is 6.88. The third-order valence-corrected chi connectivity index (χ3v) is 3.75. The fourth-order valence-electron chi connectivity index (χ4n) is 1.56. The van der Waals surface area contributed by atoms with Gasteiger partial charge in [0.1, 0.15) is 10.7 Å². The normalized spacial score (nSPS) is 10.5. The van der Waals surface area contributed by atoms with Crippen molar-refractivity contribution in [1.82, 2.24) is 0 Å². The van der Waals surface area contributed by atoms with Gasteiger partial charge in [0.05, 0.1) is 0 Å². The summed E-state index contributed by atoms with van der Waals surface area (Å²) in [4.78, 5) is 11.8. The van der Waals surface area contributed by atoms with Crippen LogP contribution < -0.4 is 0 Å². The van der Waals surface area contributed by atoms with Crippen LogP contribution in [0.4, 0.5) is 4.39 Å². The Bertz CT molecular complexity index is 572. The van der Waals surface area contributed by atoms with Crippen molar-refractivity contribution in [2.24, 2.45) is 0 Å². The van der Waals surface area contributed by atoms with Crippen molar-refractivity contribution in [2.45, 2.75) is 6.92 Å². The molecule has 5 heteroatoms. The number of aryl methyl sites for hydroxylation is 1. The quantitative estimate of drug-likeness (QED) is 0.887. The molecular weight excluding hydrogens is 263 g/mol. The minimum Gasteiger partial charge on any atom is -0.477 e. The lowest BCUT2D eigenvalue weighted by Crippen LogP contribution is -1.89. The molecule has 0 fully saturated rings. The fourth-order valence-corrected chi connectivity index (χ4v) is 2.78. The summed E-state index contributed by atoms with van der Waals surface area (Å²) in [6, 6.07) is 5.75. The number of hydrogen-bond acceptors (Lipinski definition) is 2. The van der Waals surface area contributed by atoms with Crippen LogP contribution in [-0.2, 0) is 0 Å². The van der Waals surface area contributed by atoms with Gasteiger partial charge in [-0.15, -0.1) is 11.3 Å². The number of rotatable bonds is 2. The molecule has 2 nitrogen and oxygen atoms in total. The Balaban J connectivity index is 2.56. The lowest BCUT2D eigenvalue weighted by atomic mass is 10.1. The van der Waals surface area contributed by atoms with Crippen molar-refractivity contribution in [3.63, 3.8) is 0 Å². The van der Waals surface area contributed by atoms with Crippen molar-refractivity contribution in [2.75, 3.05) is 0 Å². The number of hydrogen-bond donors (Lipinski definition) is 1. The molecule has 0 unspecified atom stereocenters. The smallest absolute Gasteiger partial charge is 0.345 e. The summed E-state index contributed by atoms with van der Waals surface area (Å²) in [6.45, 7) is 1.79. The van der Waals surface area contributed by atoms with Gasteiger partial charge < -0.3 is 5.11 Å². The number of benzene rings is 1. The molecule has 0 aliphatic rings. The molecule has 0 bridgehead atoms. The zero-order valence-corrected chi connectivity index (χ0v) is 10.4. The van der Waals surface area contributed by atoms with Crippen molar-refractivity contribution in [3.05, 3.63) is 45.5 Å². The topological polar surface area (TPSA) is 37.3 Å². The standard InChI is InChI=1S/C12H8ClFO2S/c1-6-2-10(12(15)16)17-11(6)7-3-8(13)5-9(14)4-7/h2-5H,1H3,(H,15,16). The Kier molecular flexibility index (Phi) is 3.17. The van der Waals surface area contributed by atoms with Crippen LogP contribution in [0.3, 0.4) is 0 Å². The van der Waals surface area contributed by atoms with Gasteiger partial charge in [0.15, 0.2) is 0 Å². The van der Waals surface area contributed by atoms with E-state index in [1.54, 1.807) is 19.1 Å². The highest BCUT2D eigenvalue weighted by Crippen LogP contribution is 2.34. The molecule has 0 aliphatic heterocycles. The van der Waals surface area contributed by atoms with E-state index < -0.39 is 11.8 Å². The molecule has 0 saturated carbocycles. The zero-order valence-electron chi connectivity index (χ0n) is 8.83. The van der Waals surface area contributed by atoms with Crippen molar-refractivity contribution < 1.29 is 14.3 Å². The second-order valence-corrected chi connectivity index (χ2v) is 5.07. The second kappa shape index (κ2) is 4.47. The van der Waals surface area contributed by atoms with Gasteiger partial charge in [-0.05, 0) is 42.3 Å². The number of aromatic carboxylic acids is 1. The maximum absolute atomic E-state index is 13.2. The average Bonchev–Trinajstić information content (AvgIpc) is 2.59. The van der Waals surface area contributed by atoms with E-state index in [0.29, 0.717) is 10.6 Å². The molecule has 1 aromatic carbocycles. The molecule has 2 rings (SSSR count). The summed E-state index contributed by atoms with van der Waals surface area (Å²) in [5.74, 6) is -1.41. The number of thiophene rings is 1. The predicted octanol–water partition coefficient (Wildman–Crippen LogP) is 4.21. The molecule has 88 valence electrons. The summed E-state index contributed by atoms with van der Waals surface area (Å²) in [5.41, 5.74) is 1.40. The monoisotopic (exact) mass is 270 g/mol. The lowest BCUT2D eigenvalue weighted by molar-refractivity contribution is 0.0702. The maximum Gasteiger partial charge on any atom is 0.345 e. The van der Waals surface area contributed by atoms with Gasteiger partial charge >= 0.3 is 5.97 Å². The van der Waals surface area contributed by atoms with E-state index in [1.165, 1.54) is 12.1 Å². The molecule has 1 aromatic heterocycles. The molecular formula is C12H8ClFO2S. The van der Waals surface area contributed by atoms with E-state index in [9.17, 15) is 9.18 Å². The van der Waals surface area contributed by atoms with Crippen LogP contribution >= 0.6 is 22.9 Å². The lowest BCUT2D eigenvalue weighted by Gasteiger charge is -2.01. The first kappa shape index (κ1) is 12.1. The van der Waals surface area contributed by atoms with Gasteiger partial charge in [0, 0.05) is 9.90 Å². The molecule has 1 heterocycles. The van der Waals surface area contributed by atoms with Crippen LogP contribution in [-0.4, -0.2) is 11.1 Å². The molecule has 0 atom stereocenters. The van der Waals surface area contributed by atoms with E-state index >= 15 is 0 Å². The Morgan fingerprint density at radius 3 is 2.59 bits per heavy atom. The first-order valence-corrected chi connectivity index (χ1v) is 5.97. The number of carboxylic acid groups (broad SMARTS) is 1. The molecule has 0 aliphatic carbocycles. The Labute approximate surface area is 106 Å². The average molecular weight is 271 g/mol. The highest BCUT2D eigenvalue weighted by Gasteiger charge is 2.13. The maximum atomic E-state index is 13.2. The van der Waals surface area contributed by atoms with Gasteiger partial charge in [-0.2, -0.15) is 0 Å². The number of carbonyl (C=O) groups is 1. The van der Waals surface area contributed by atoms with E-state index in [1.807, 2.05) is 0 Å². The number of carboxylic acids is 1. The molecule has 0 amide bonds. The minimum atomic E-state index is -0.980. The van der Waals surface area contributed by atoms with Gasteiger partial charge in [-0.3, -0.25) is 0 Å². The van der Waals surface area contributed by atoms with Gasteiger partial charge in [-0.25, -0.2) is 9.18 Å². The zero-order chi connectivity index (χ0) is 12.6. The van der Waals surface area contributed by atoms with Gasteiger partial charge in [-0.1, -0.05) is 11.6 Å². The Morgan fingerprint density at radius 2 is 2.06 bits per heavy atom. The van der Waals surface area contributed by atoms with E-state index in [2.05, 4.69) is 0 Å². The molecule has 0 spiro atoms. The second-order valence-electron chi connectivity index (χ2n) is 3.59. The van der Waals surface area contributed by atoms with Crippen LogP contribution in [0.15, 0.2) is 24.3 Å². The van der Waals surface area contributed by atoms with Gasteiger partial charge in [0.2, 0.25) is 0 Å². The molecule has 0 radical (unpaired) electrons. The van der Waals surface area contributed by atoms with Crippen LogP contribution in [0.2, 0.25) is 5.02 Å². The molecule has 0 saturated heterocycles. The third kappa shape index (κ3) is 2.48. The van der Waals surface area contributed by atoms with E-state index in [4.69, 9.17) is 16.7 Å². The fraction of sp³-hybridized carbons (Fsp3) is 0.0833. The summed E-state index contributed by atoms with van der Waals surface area (Å²) in [7, 11) is 0. The molecule has 17 heavy (non-hydrogen) atoms. The highest BCUT2D eigenvalue weighted by molar-refractivity contribution is 7.17. The van der Waals surface area contributed by atoms with Gasteiger partial charge in [0.25, 0.3) is 0 Å². The van der Waals surface area contributed by atoms with E-state index in [-0.39, 0.29) is 4.88 Å². The van der Waals surface area contributed by atoms with Crippen LogP contribution in [0.1, 0.15) is 15.2 Å². The highest BCUT2D eigenvalue weighted by atomic mass is 35.5. The summed E-state index contributed by atoms with van der Waals surface area (Å²) < 4.78 is 13.2. The molecule has 2 aromatic rings. The van der Waals surface area contributed by atoms with Crippen molar-refractivity contribution in [1.29, 1.82) is 0 Å². The van der Waals surface area contributed by atoms with Crippen LogP contribution in [0, 0.1) is 12.7 Å². The van der Waals surface area contributed by atoms with Crippen molar-refractivity contribution in [3.8, 4) is 10.4 Å². The van der Waals surface area contributed by atoms with E-state index in [0.717, 1.165) is 21.8 Å². The van der Waals surface area contributed by atoms with Crippen LogP contribution in [0.25, 0.3) is 10.4 Å². The summed E-state index contributed by atoms with van der Waals surface area (Å²) in [5, 5.41) is 9.18. The third-order valence-electron chi connectivity index (χ3n) is 2.25. The minimum absolute atomic E-state index is 0.234. The van der Waals surface area contributed by atoms with Crippen LogP contribution in [0.5, 0.6) is 0 Å². The first-order valence-electron chi connectivity index (χ1n) is 4.77. The molecule has 1 N–H and O–H groups in total. The Morgan fingerprint density at radius 1 is 1.35 bits per heavy atom.